The molecule has 140 valence electrons. The third-order valence-corrected chi connectivity index (χ3v) is 5.13. The third-order valence-electron chi connectivity index (χ3n) is 4.64. The van der Waals surface area contributed by atoms with E-state index in [1.54, 1.807) is 12.1 Å². The van der Waals surface area contributed by atoms with Gasteiger partial charge in [-0.2, -0.15) is 0 Å². The van der Waals surface area contributed by atoms with E-state index in [9.17, 15) is 9.59 Å². The number of rotatable bonds is 5. The van der Waals surface area contributed by atoms with Crippen molar-refractivity contribution in [3.05, 3.63) is 58.7 Å². The SMILES string of the molecule is O=C(OCCc1cc2cc(Br)ccc2o1)[C@@H]1CCCN1C(=O)c1ccco1. The van der Waals surface area contributed by atoms with Crippen molar-refractivity contribution in [3.63, 3.8) is 0 Å². The Morgan fingerprint density at radius 3 is 2.96 bits per heavy atom. The number of nitrogens with zero attached hydrogens (tertiary/aromatic N) is 1. The number of ether oxygens (including phenoxy) is 1. The highest BCUT2D eigenvalue weighted by Gasteiger charge is 2.36. The normalized spacial score (nSPS) is 16.8. The Hall–Kier alpha value is -2.54. The van der Waals surface area contributed by atoms with Gasteiger partial charge in [0.15, 0.2) is 5.76 Å². The molecule has 0 N–H and O–H groups in total. The molecule has 1 aromatic carbocycles. The number of benzene rings is 1. The van der Waals surface area contributed by atoms with E-state index in [2.05, 4.69) is 15.9 Å². The molecule has 4 rings (SSSR count). The number of hydrogen-bond acceptors (Lipinski definition) is 5. The molecule has 3 aromatic rings. The van der Waals surface area contributed by atoms with Crippen LogP contribution in [0.3, 0.4) is 0 Å². The first-order valence-electron chi connectivity index (χ1n) is 8.81. The van der Waals surface area contributed by atoms with Crippen LogP contribution in [0.5, 0.6) is 0 Å². The number of hydrogen-bond donors (Lipinski definition) is 0. The molecule has 0 saturated carbocycles. The summed E-state index contributed by atoms with van der Waals surface area (Å²) >= 11 is 3.43. The fourth-order valence-electron chi connectivity index (χ4n) is 3.34. The summed E-state index contributed by atoms with van der Waals surface area (Å²) < 4.78 is 17.3. The lowest BCUT2D eigenvalue weighted by Crippen LogP contribution is -2.41. The van der Waals surface area contributed by atoms with Gasteiger partial charge in [-0.3, -0.25) is 4.79 Å². The van der Waals surface area contributed by atoms with E-state index in [4.69, 9.17) is 13.6 Å². The van der Waals surface area contributed by atoms with Crippen molar-refractivity contribution in [3.8, 4) is 0 Å². The number of esters is 1. The maximum atomic E-state index is 12.5. The Bertz CT molecular complexity index is 962. The highest BCUT2D eigenvalue weighted by molar-refractivity contribution is 9.10. The average Bonchev–Trinajstić information content (AvgIpc) is 3.40. The lowest BCUT2D eigenvalue weighted by atomic mass is 10.2. The van der Waals surface area contributed by atoms with Gasteiger partial charge in [0.2, 0.25) is 0 Å². The van der Waals surface area contributed by atoms with Gasteiger partial charge in [-0.1, -0.05) is 15.9 Å². The molecule has 1 aliphatic rings. The highest BCUT2D eigenvalue weighted by Crippen LogP contribution is 2.24. The molecule has 27 heavy (non-hydrogen) atoms. The number of fused-ring (bicyclic) bond motifs is 1. The second-order valence-corrected chi connectivity index (χ2v) is 7.36. The molecule has 0 unspecified atom stereocenters. The van der Waals surface area contributed by atoms with Crippen molar-refractivity contribution in [1.29, 1.82) is 0 Å². The molecule has 2 aromatic heterocycles. The summed E-state index contributed by atoms with van der Waals surface area (Å²) in [5.41, 5.74) is 0.797. The van der Waals surface area contributed by atoms with Gasteiger partial charge in [-0.25, -0.2) is 4.79 Å². The summed E-state index contributed by atoms with van der Waals surface area (Å²) in [5, 5.41) is 0.997. The van der Waals surface area contributed by atoms with E-state index in [1.807, 2.05) is 24.3 Å². The van der Waals surface area contributed by atoms with Crippen molar-refractivity contribution in [1.82, 2.24) is 4.90 Å². The largest absolute Gasteiger partial charge is 0.464 e. The van der Waals surface area contributed by atoms with Gasteiger partial charge in [-0.15, -0.1) is 0 Å². The van der Waals surface area contributed by atoms with Crippen LogP contribution in [0.25, 0.3) is 11.0 Å². The van der Waals surface area contributed by atoms with Crippen LogP contribution in [-0.2, 0) is 16.0 Å². The van der Waals surface area contributed by atoms with Crippen LogP contribution in [0, 0.1) is 0 Å². The van der Waals surface area contributed by atoms with E-state index in [1.165, 1.54) is 11.2 Å². The molecular weight excluding hydrogens is 414 g/mol. The minimum Gasteiger partial charge on any atom is -0.464 e. The molecule has 7 heteroatoms. The fourth-order valence-corrected chi connectivity index (χ4v) is 3.72. The Morgan fingerprint density at radius 1 is 1.26 bits per heavy atom. The lowest BCUT2D eigenvalue weighted by molar-refractivity contribution is -0.148. The molecule has 6 nitrogen and oxygen atoms in total. The van der Waals surface area contributed by atoms with E-state index < -0.39 is 6.04 Å². The van der Waals surface area contributed by atoms with Crippen LogP contribution in [0.1, 0.15) is 29.2 Å². The zero-order chi connectivity index (χ0) is 18.8. The summed E-state index contributed by atoms with van der Waals surface area (Å²) in [6.45, 7) is 0.733. The zero-order valence-corrected chi connectivity index (χ0v) is 16.1. The molecule has 0 aliphatic carbocycles. The topological polar surface area (TPSA) is 72.9 Å². The quantitative estimate of drug-likeness (QED) is 0.566. The van der Waals surface area contributed by atoms with Gasteiger partial charge < -0.3 is 18.5 Å². The number of carbonyl (C=O) groups excluding carboxylic acids is 2. The van der Waals surface area contributed by atoms with E-state index in [0.717, 1.165) is 27.6 Å². The van der Waals surface area contributed by atoms with Gasteiger partial charge >= 0.3 is 5.97 Å². The number of furan rings is 2. The highest BCUT2D eigenvalue weighted by atomic mass is 79.9. The van der Waals surface area contributed by atoms with Crippen molar-refractivity contribution in [2.24, 2.45) is 0 Å². The zero-order valence-electron chi connectivity index (χ0n) is 14.5. The number of likely N-dealkylation sites (tertiary alicyclic amines) is 1. The first-order valence-corrected chi connectivity index (χ1v) is 9.60. The summed E-state index contributed by atoms with van der Waals surface area (Å²) in [7, 11) is 0. The fraction of sp³-hybridized carbons (Fsp3) is 0.300. The van der Waals surface area contributed by atoms with E-state index in [-0.39, 0.29) is 24.2 Å². The molecular formula is C20H18BrNO5. The van der Waals surface area contributed by atoms with Crippen LogP contribution in [0.4, 0.5) is 0 Å². The summed E-state index contributed by atoms with van der Waals surface area (Å²) in [5.74, 6) is 0.336. The molecule has 1 atom stereocenters. The van der Waals surface area contributed by atoms with Crippen molar-refractivity contribution in [2.45, 2.75) is 25.3 Å². The summed E-state index contributed by atoms with van der Waals surface area (Å²) in [6, 6.07) is 10.4. The van der Waals surface area contributed by atoms with Gasteiger partial charge in [0.05, 0.1) is 12.9 Å². The smallest absolute Gasteiger partial charge is 0.328 e. The molecule has 1 fully saturated rings. The van der Waals surface area contributed by atoms with Crippen LogP contribution in [-0.4, -0.2) is 36.0 Å². The maximum Gasteiger partial charge on any atom is 0.328 e. The van der Waals surface area contributed by atoms with Gasteiger partial charge in [0.25, 0.3) is 5.91 Å². The van der Waals surface area contributed by atoms with Crippen molar-refractivity contribution >= 4 is 38.8 Å². The molecule has 0 bridgehead atoms. The first-order chi connectivity index (χ1) is 13.1. The first kappa shape index (κ1) is 17.9. The predicted molar refractivity (Wildman–Crippen MR) is 101 cm³/mol. The van der Waals surface area contributed by atoms with Crippen LogP contribution in [0.2, 0.25) is 0 Å². The average molecular weight is 432 g/mol. The van der Waals surface area contributed by atoms with Crippen LogP contribution >= 0.6 is 15.9 Å². The van der Waals surface area contributed by atoms with E-state index >= 15 is 0 Å². The van der Waals surface area contributed by atoms with Crippen molar-refractivity contribution < 1.29 is 23.2 Å². The molecule has 0 radical (unpaired) electrons. The summed E-state index contributed by atoms with van der Waals surface area (Å²) in [4.78, 5) is 26.4. The third kappa shape index (κ3) is 3.78. The van der Waals surface area contributed by atoms with E-state index in [0.29, 0.717) is 19.4 Å². The standard InChI is InChI=1S/C20H18BrNO5/c21-14-5-6-17-13(11-14)12-15(27-17)7-10-26-20(24)16-3-1-8-22(16)19(23)18-4-2-9-25-18/h2,4-6,9,11-12,16H,1,3,7-8,10H2/t16-/m0/s1. The van der Waals surface area contributed by atoms with Crippen molar-refractivity contribution in [2.75, 3.05) is 13.2 Å². The Morgan fingerprint density at radius 2 is 2.15 bits per heavy atom. The second kappa shape index (κ2) is 7.60. The van der Waals surface area contributed by atoms with Crippen LogP contribution < -0.4 is 0 Å². The van der Waals surface area contributed by atoms with Gasteiger partial charge in [0, 0.05) is 22.8 Å². The Labute approximate surface area is 164 Å². The molecule has 1 saturated heterocycles. The summed E-state index contributed by atoms with van der Waals surface area (Å²) in [6.07, 6.45) is 3.30. The lowest BCUT2D eigenvalue weighted by Gasteiger charge is -2.22. The number of carbonyl (C=O) groups is 2. The predicted octanol–water partition coefficient (Wildman–Crippen LogP) is 4.18. The molecule has 1 aliphatic heterocycles. The monoisotopic (exact) mass is 431 g/mol. The molecule has 3 heterocycles. The molecule has 0 spiro atoms. The minimum atomic E-state index is -0.561. The Balaban J connectivity index is 1.34. The van der Waals surface area contributed by atoms with Gasteiger partial charge in [0.1, 0.15) is 17.4 Å². The number of halogens is 1. The van der Waals surface area contributed by atoms with Crippen LogP contribution in [0.15, 0.2) is 56.0 Å². The maximum absolute atomic E-state index is 12.5. The van der Waals surface area contributed by atoms with Gasteiger partial charge in [-0.05, 0) is 49.2 Å². The minimum absolute atomic E-state index is 0.207. The Kier molecular flexibility index (Phi) is 5.03. The number of amides is 1. The molecule has 1 amide bonds. The second-order valence-electron chi connectivity index (χ2n) is 6.45.